The Kier molecular flexibility index (Phi) is 5.62. The maximum Gasteiger partial charge on any atom is 0.119 e. The zero-order chi connectivity index (χ0) is 15.4. The second-order valence-corrected chi connectivity index (χ2v) is 6.26. The van der Waals surface area contributed by atoms with E-state index in [2.05, 4.69) is 24.8 Å². The van der Waals surface area contributed by atoms with Gasteiger partial charge in [-0.25, -0.2) is 0 Å². The van der Waals surface area contributed by atoms with Crippen LogP contribution < -0.4 is 4.74 Å². The first kappa shape index (κ1) is 16.3. The Balaban J connectivity index is 1.80. The SMILES string of the molecule is Cc1cc(C)cc(OC[C@H](O)CN2C[C@@H](C)O[C@@H](C)C2)c1. The molecule has 0 radical (unpaired) electrons. The number of benzene rings is 1. The summed E-state index contributed by atoms with van der Waals surface area (Å²) in [5.41, 5.74) is 2.35. The summed E-state index contributed by atoms with van der Waals surface area (Å²) in [4.78, 5) is 2.24. The molecule has 1 heterocycles. The lowest BCUT2D eigenvalue weighted by atomic mass is 10.1. The monoisotopic (exact) mass is 293 g/mol. The van der Waals surface area contributed by atoms with Crippen molar-refractivity contribution in [1.29, 1.82) is 0 Å². The van der Waals surface area contributed by atoms with Crippen LogP contribution >= 0.6 is 0 Å². The van der Waals surface area contributed by atoms with E-state index in [9.17, 15) is 5.11 Å². The molecule has 1 N–H and O–H groups in total. The van der Waals surface area contributed by atoms with Gasteiger partial charge in [0.15, 0.2) is 0 Å². The minimum absolute atomic E-state index is 0.223. The molecule has 1 aromatic rings. The van der Waals surface area contributed by atoms with Crippen molar-refractivity contribution >= 4 is 0 Å². The molecule has 3 atom stereocenters. The van der Waals surface area contributed by atoms with Gasteiger partial charge in [0.1, 0.15) is 18.5 Å². The van der Waals surface area contributed by atoms with Gasteiger partial charge in [0, 0.05) is 19.6 Å². The number of rotatable bonds is 5. The van der Waals surface area contributed by atoms with Gasteiger partial charge in [-0.1, -0.05) is 6.07 Å². The summed E-state index contributed by atoms with van der Waals surface area (Å²) in [6, 6.07) is 6.11. The zero-order valence-electron chi connectivity index (χ0n) is 13.5. The molecule has 0 aromatic heterocycles. The van der Waals surface area contributed by atoms with Crippen LogP contribution in [0, 0.1) is 13.8 Å². The lowest BCUT2D eigenvalue weighted by Crippen LogP contribution is -2.48. The first-order valence-electron chi connectivity index (χ1n) is 7.69. The standard InChI is InChI=1S/C17H27NO3/c1-12-5-13(2)7-17(6-12)20-11-16(19)10-18-8-14(3)21-15(4)9-18/h5-7,14-16,19H,8-11H2,1-4H3/t14-,15+,16-/m1/s1. The number of aliphatic hydroxyl groups excluding tert-OH is 1. The summed E-state index contributed by atoms with van der Waals surface area (Å²) >= 11 is 0. The third-order valence-corrected chi connectivity index (χ3v) is 3.60. The first-order valence-corrected chi connectivity index (χ1v) is 7.69. The minimum Gasteiger partial charge on any atom is -0.491 e. The van der Waals surface area contributed by atoms with E-state index in [0.29, 0.717) is 13.2 Å². The van der Waals surface area contributed by atoms with Gasteiger partial charge in [-0.15, -0.1) is 0 Å². The summed E-state index contributed by atoms with van der Waals surface area (Å²) in [5.74, 6) is 0.829. The molecular weight excluding hydrogens is 266 g/mol. The summed E-state index contributed by atoms with van der Waals surface area (Å²) in [7, 11) is 0. The number of ether oxygens (including phenoxy) is 2. The third-order valence-electron chi connectivity index (χ3n) is 3.60. The molecule has 4 heteroatoms. The van der Waals surface area contributed by atoms with E-state index >= 15 is 0 Å². The molecule has 1 aliphatic rings. The molecule has 1 aliphatic heterocycles. The number of aryl methyl sites for hydroxylation is 2. The Morgan fingerprint density at radius 3 is 2.33 bits per heavy atom. The second-order valence-electron chi connectivity index (χ2n) is 6.26. The van der Waals surface area contributed by atoms with Gasteiger partial charge in [-0.3, -0.25) is 4.90 Å². The predicted octanol–water partition coefficient (Wildman–Crippen LogP) is 2.15. The first-order chi connectivity index (χ1) is 9.92. The molecular formula is C17H27NO3. The summed E-state index contributed by atoms with van der Waals surface area (Å²) < 4.78 is 11.4. The third kappa shape index (κ3) is 5.30. The molecule has 118 valence electrons. The largest absolute Gasteiger partial charge is 0.491 e. The van der Waals surface area contributed by atoms with Gasteiger partial charge in [-0.2, -0.15) is 0 Å². The summed E-state index contributed by atoms with van der Waals surface area (Å²) in [5, 5.41) is 10.2. The second kappa shape index (κ2) is 7.25. The molecule has 21 heavy (non-hydrogen) atoms. The lowest BCUT2D eigenvalue weighted by Gasteiger charge is -2.36. The van der Waals surface area contributed by atoms with Crippen LogP contribution in [0.3, 0.4) is 0 Å². The molecule has 1 fully saturated rings. The highest BCUT2D eigenvalue weighted by molar-refractivity contribution is 5.32. The molecule has 0 saturated carbocycles. The van der Waals surface area contributed by atoms with Crippen LogP contribution in [0.15, 0.2) is 18.2 Å². The fourth-order valence-corrected chi connectivity index (χ4v) is 2.99. The topological polar surface area (TPSA) is 41.9 Å². The van der Waals surface area contributed by atoms with Crippen LogP contribution in [0.2, 0.25) is 0 Å². The Morgan fingerprint density at radius 2 is 1.76 bits per heavy atom. The molecule has 0 bridgehead atoms. The van der Waals surface area contributed by atoms with Crippen molar-refractivity contribution < 1.29 is 14.6 Å². The number of aliphatic hydroxyl groups is 1. The van der Waals surface area contributed by atoms with Crippen molar-refractivity contribution in [3.8, 4) is 5.75 Å². The Bertz CT molecular complexity index is 433. The quantitative estimate of drug-likeness (QED) is 0.903. The Morgan fingerprint density at radius 1 is 1.19 bits per heavy atom. The number of β-amino-alcohol motifs (C(OH)–C–C–N with tert-alkyl or cyclic N) is 1. The maximum atomic E-state index is 10.2. The van der Waals surface area contributed by atoms with E-state index in [1.165, 1.54) is 11.1 Å². The normalized spacial score (nSPS) is 24.8. The molecule has 1 saturated heterocycles. The van der Waals surface area contributed by atoms with Crippen LogP contribution in [0.4, 0.5) is 0 Å². The predicted molar refractivity (Wildman–Crippen MR) is 83.9 cm³/mol. The van der Waals surface area contributed by atoms with Gasteiger partial charge in [0.25, 0.3) is 0 Å². The molecule has 0 unspecified atom stereocenters. The van der Waals surface area contributed by atoms with Crippen LogP contribution in [0.5, 0.6) is 5.75 Å². The van der Waals surface area contributed by atoms with E-state index in [1.807, 2.05) is 26.0 Å². The number of hydrogen-bond donors (Lipinski definition) is 1. The van der Waals surface area contributed by atoms with Crippen LogP contribution in [-0.2, 0) is 4.74 Å². The molecule has 0 spiro atoms. The van der Waals surface area contributed by atoms with Crippen molar-refractivity contribution in [2.75, 3.05) is 26.2 Å². The van der Waals surface area contributed by atoms with Crippen molar-refractivity contribution in [2.24, 2.45) is 0 Å². The van der Waals surface area contributed by atoms with E-state index < -0.39 is 6.10 Å². The summed E-state index contributed by atoms with van der Waals surface area (Å²) in [6.07, 6.45) is -0.0362. The van der Waals surface area contributed by atoms with Crippen LogP contribution in [0.1, 0.15) is 25.0 Å². The average Bonchev–Trinajstić information content (AvgIpc) is 2.34. The van der Waals surface area contributed by atoms with Gasteiger partial charge in [0.05, 0.1) is 12.2 Å². The summed E-state index contributed by atoms with van der Waals surface area (Å²) in [6.45, 7) is 10.9. The van der Waals surface area contributed by atoms with Crippen molar-refractivity contribution in [3.63, 3.8) is 0 Å². The highest BCUT2D eigenvalue weighted by atomic mass is 16.5. The van der Waals surface area contributed by atoms with Gasteiger partial charge in [-0.05, 0) is 51.0 Å². The van der Waals surface area contributed by atoms with Crippen molar-refractivity contribution in [3.05, 3.63) is 29.3 Å². The number of morpholine rings is 1. The number of hydrogen-bond acceptors (Lipinski definition) is 4. The van der Waals surface area contributed by atoms with E-state index in [-0.39, 0.29) is 12.2 Å². The smallest absolute Gasteiger partial charge is 0.119 e. The zero-order valence-corrected chi connectivity index (χ0v) is 13.5. The molecule has 0 aliphatic carbocycles. The van der Waals surface area contributed by atoms with Crippen LogP contribution in [0.25, 0.3) is 0 Å². The minimum atomic E-state index is -0.483. The van der Waals surface area contributed by atoms with E-state index in [4.69, 9.17) is 9.47 Å². The number of nitrogens with zero attached hydrogens (tertiary/aromatic N) is 1. The van der Waals surface area contributed by atoms with Crippen molar-refractivity contribution in [1.82, 2.24) is 4.90 Å². The van der Waals surface area contributed by atoms with E-state index in [1.54, 1.807) is 0 Å². The average molecular weight is 293 g/mol. The van der Waals surface area contributed by atoms with Gasteiger partial charge >= 0.3 is 0 Å². The highest BCUT2D eigenvalue weighted by Crippen LogP contribution is 2.17. The molecule has 0 amide bonds. The maximum absolute atomic E-state index is 10.2. The fraction of sp³-hybridized carbons (Fsp3) is 0.647. The fourth-order valence-electron chi connectivity index (χ4n) is 2.99. The van der Waals surface area contributed by atoms with E-state index in [0.717, 1.165) is 18.8 Å². The van der Waals surface area contributed by atoms with Crippen LogP contribution in [-0.4, -0.2) is 54.6 Å². The molecule has 4 nitrogen and oxygen atoms in total. The Hall–Kier alpha value is -1.10. The Labute approximate surface area is 127 Å². The van der Waals surface area contributed by atoms with Crippen molar-refractivity contribution in [2.45, 2.75) is 46.0 Å². The van der Waals surface area contributed by atoms with Gasteiger partial charge in [0.2, 0.25) is 0 Å². The molecule has 1 aromatic carbocycles. The lowest BCUT2D eigenvalue weighted by molar-refractivity contribution is -0.0786. The molecule has 2 rings (SSSR count). The van der Waals surface area contributed by atoms with Gasteiger partial charge < -0.3 is 14.6 Å². The highest BCUT2D eigenvalue weighted by Gasteiger charge is 2.23.